The molecule has 0 radical (unpaired) electrons. The Balaban J connectivity index is 0.00000220. The average molecular weight is 326 g/mol. The van der Waals surface area contributed by atoms with Crippen molar-refractivity contribution in [1.82, 2.24) is 10.3 Å². The zero-order valence-electron chi connectivity index (χ0n) is 12.1. The van der Waals surface area contributed by atoms with Crippen LogP contribution in [0.1, 0.15) is 22.4 Å². The molecule has 6 heteroatoms. The molecule has 2 rings (SSSR count). The van der Waals surface area contributed by atoms with Crippen molar-refractivity contribution in [2.24, 2.45) is 0 Å². The largest absolute Gasteiger partial charge is 0.397 e. The molecular weight excluding hydrogens is 306 g/mol. The number of anilines is 1. The summed E-state index contributed by atoms with van der Waals surface area (Å²) in [7, 11) is 0. The van der Waals surface area contributed by atoms with Crippen LogP contribution in [0, 0.1) is 6.92 Å². The van der Waals surface area contributed by atoms with Crippen LogP contribution in [0.25, 0.3) is 0 Å². The van der Waals surface area contributed by atoms with Crippen LogP contribution < -0.4 is 11.1 Å². The number of nitrogens with two attached hydrogens (primary N) is 1. The van der Waals surface area contributed by atoms with E-state index in [9.17, 15) is 4.79 Å². The molecule has 114 valence electrons. The predicted octanol–water partition coefficient (Wildman–Crippen LogP) is 2.75. The van der Waals surface area contributed by atoms with Gasteiger partial charge in [0.2, 0.25) is 5.91 Å². The van der Waals surface area contributed by atoms with E-state index in [-0.39, 0.29) is 30.8 Å². The maximum absolute atomic E-state index is 11.9. The summed E-state index contributed by atoms with van der Waals surface area (Å²) >= 11 is 1.77. The number of aryl methyl sites for hydroxylation is 1. The van der Waals surface area contributed by atoms with E-state index in [1.807, 2.05) is 6.92 Å². The summed E-state index contributed by atoms with van der Waals surface area (Å²) in [5, 5.41) is 3.00. The number of nitrogens with zero attached hydrogens (tertiary/aromatic N) is 1. The fourth-order valence-electron chi connectivity index (χ4n) is 1.98. The Hall–Kier alpha value is -1.59. The number of nitrogen functional groups attached to an aromatic ring is 1. The van der Waals surface area contributed by atoms with E-state index in [1.54, 1.807) is 29.7 Å². The highest BCUT2D eigenvalue weighted by Gasteiger charge is 2.10. The van der Waals surface area contributed by atoms with Gasteiger partial charge in [0.1, 0.15) is 0 Å². The molecule has 2 aromatic heterocycles. The third-order valence-electron chi connectivity index (χ3n) is 2.90. The predicted molar refractivity (Wildman–Crippen MR) is 90.0 cm³/mol. The Morgan fingerprint density at radius 2 is 2.14 bits per heavy atom. The lowest BCUT2D eigenvalue weighted by molar-refractivity contribution is -0.121. The van der Waals surface area contributed by atoms with Crippen LogP contribution in [-0.2, 0) is 17.6 Å². The molecule has 0 saturated carbocycles. The molecule has 21 heavy (non-hydrogen) atoms. The average Bonchev–Trinajstić information content (AvgIpc) is 2.77. The van der Waals surface area contributed by atoms with Gasteiger partial charge in [0.05, 0.1) is 18.3 Å². The third-order valence-corrected chi connectivity index (χ3v) is 3.92. The molecule has 0 aliphatic carbocycles. The first-order valence-electron chi connectivity index (χ1n) is 6.58. The summed E-state index contributed by atoms with van der Waals surface area (Å²) < 4.78 is 0. The molecule has 4 nitrogen and oxygen atoms in total. The smallest absolute Gasteiger partial charge is 0.226 e. The number of hydrogen-bond donors (Lipinski definition) is 2. The van der Waals surface area contributed by atoms with Crippen LogP contribution in [-0.4, -0.2) is 16.9 Å². The van der Waals surface area contributed by atoms with Crippen molar-refractivity contribution in [2.75, 3.05) is 5.73 Å². The highest BCUT2D eigenvalue weighted by Crippen LogP contribution is 2.16. The molecule has 0 aliphatic rings. The highest BCUT2D eigenvalue weighted by atomic mass is 35.5. The highest BCUT2D eigenvalue weighted by molar-refractivity contribution is 7.11. The monoisotopic (exact) mass is 325 g/mol. The zero-order valence-corrected chi connectivity index (χ0v) is 13.8. The molecule has 2 heterocycles. The van der Waals surface area contributed by atoms with E-state index in [1.165, 1.54) is 9.75 Å². The fraction of sp³-hybridized carbons (Fsp3) is 0.333. The molecule has 0 spiro atoms. The van der Waals surface area contributed by atoms with Gasteiger partial charge in [-0.05, 0) is 38.1 Å². The van der Waals surface area contributed by atoms with Crippen molar-refractivity contribution in [3.8, 4) is 0 Å². The number of rotatable bonds is 5. The number of amides is 1. The maximum Gasteiger partial charge on any atom is 0.226 e. The molecule has 1 atom stereocenters. The Kier molecular flexibility index (Phi) is 6.65. The van der Waals surface area contributed by atoms with E-state index in [4.69, 9.17) is 5.73 Å². The van der Waals surface area contributed by atoms with Gasteiger partial charge in [0.25, 0.3) is 0 Å². The first kappa shape index (κ1) is 17.5. The van der Waals surface area contributed by atoms with Crippen LogP contribution in [0.3, 0.4) is 0 Å². The van der Waals surface area contributed by atoms with Crippen LogP contribution in [0.2, 0.25) is 0 Å². The van der Waals surface area contributed by atoms with Gasteiger partial charge in [-0.3, -0.25) is 9.78 Å². The Morgan fingerprint density at radius 1 is 1.38 bits per heavy atom. The lowest BCUT2D eigenvalue weighted by Gasteiger charge is -2.12. The molecule has 0 bridgehead atoms. The minimum atomic E-state index is -0.0111. The maximum atomic E-state index is 11.9. The molecule has 1 unspecified atom stereocenters. The molecule has 1 amide bonds. The Bertz CT molecular complexity index is 583. The number of carbonyl (C=O) groups is 1. The molecule has 0 fully saturated rings. The summed E-state index contributed by atoms with van der Waals surface area (Å²) in [5.74, 6) is -0.0111. The van der Waals surface area contributed by atoms with Crippen LogP contribution in [0.5, 0.6) is 0 Å². The van der Waals surface area contributed by atoms with Crippen molar-refractivity contribution in [3.63, 3.8) is 0 Å². The van der Waals surface area contributed by atoms with Crippen molar-refractivity contribution < 1.29 is 4.79 Å². The minimum absolute atomic E-state index is 0. The standard InChI is InChI=1S/C15H19N3OS.ClH/c1-10(7-14-6-3-11(2)20-14)18-15(19)8-13-5-4-12(16)9-17-13;/h3-6,9-10H,7-8,16H2,1-2H3,(H,18,19);1H. The van der Waals surface area contributed by atoms with E-state index in [0.29, 0.717) is 5.69 Å². The number of thiophene rings is 1. The van der Waals surface area contributed by atoms with Gasteiger partial charge in [-0.2, -0.15) is 0 Å². The lowest BCUT2D eigenvalue weighted by atomic mass is 10.2. The molecule has 3 N–H and O–H groups in total. The first-order chi connectivity index (χ1) is 9.52. The molecule has 0 saturated heterocycles. The third kappa shape index (κ3) is 5.73. The summed E-state index contributed by atoms with van der Waals surface area (Å²) in [6, 6.07) is 7.88. The van der Waals surface area contributed by atoms with E-state index in [0.717, 1.165) is 12.1 Å². The SMILES string of the molecule is Cc1ccc(CC(C)NC(=O)Cc2ccc(N)cn2)s1.Cl. The number of hydrogen-bond acceptors (Lipinski definition) is 4. The summed E-state index contributed by atoms with van der Waals surface area (Å²) in [6.07, 6.45) is 2.72. The van der Waals surface area contributed by atoms with E-state index >= 15 is 0 Å². The minimum Gasteiger partial charge on any atom is -0.397 e. The van der Waals surface area contributed by atoms with Gasteiger partial charge in [0.15, 0.2) is 0 Å². The van der Waals surface area contributed by atoms with Gasteiger partial charge in [-0.25, -0.2) is 0 Å². The number of pyridine rings is 1. The van der Waals surface area contributed by atoms with Gasteiger partial charge < -0.3 is 11.1 Å². The second-order valence-corrected chi connectivity index (χ2v) is 6.32. The van der Waals surface area contributed by atoms with Crippen molar-refractivity contribution >= 4 is 35.3 Å². The molecule has 0 aromatic carbocycles. The molecule has 2 aromatic rings. The van der Waals surface area contributed by atoms with Gasteiger partial charge in [-0.1, -0.05) is 0 Å². The van der Waals surface area contributed by atoms with Crippen LogP contribution >= 0.6 is 23.7 Å². The van der Waals surface area contributed by atoms with Gasteiger partial charge >= 0.3 is 0 Å². The first-order valence-corrected chi connectivity index (χ1v) is 7.39. The summed E-state index contributed by atoms with van der Waals surface area (Å²) in [6.45, 7) is 4.10. The molecule has 0 aliphatic heterocycles. The topological polar surface area (TPSA) is 68.0 Å². The summed E-state index contributed by atoms with van der Waals surface area (Å²) in [4.78, 5) is 18.6. The van der Waals surface area contributed by atoms with Gasteiger partial charge in [-0.15, -0.1) is 23.7 Å². The molecular formula is C15H20ClN3OS. The number of aromatic nitrogens is 1. The Morgan fingerprint density at radius 3 is 2.71 bits per heavy atom. The van der Waals surface area contributed by atoms with Crippen molar-refractivity contribution in [3.05, 3.63) is 45.9 Å². The number of halogens is 1. The normalized spacial score (nSPS) is 11.5. The number of carbonyl (C=O) groups excluding carboxylic acids is 1. The number of nitrogens with one attached hydrogen (secondary N) is 1. The second-order valence-electron chi connectivity index (χ2n) is 4.94. The lowest BCUT2D eigenvalue weighted by Crippen LogP contribution is -2.35. The zero-order chi connectivity index (χ0) is 14.5. The van der Waals surface area contributed by atoms with Crippen molar-refractivity contribution in [1.29, 1.82) is 0 Å². The quantitative estimate of drug-likeness (QED) is 0.888. The van der Waals surface area contributed by atoms with E-state index < -0.39 is 0 Å². The van der Waals surface area contributed by atoms with Crippen LogP contribution in [0.4, 0.5) is 5.69 Å². The van der Waals surface area contributed by atoms with Crippen LogP contribution in [0.15, 0.2) is 30.5 Å². The second kappa shape index (κ2) is 8.00. The van der Waals surface area contributed by atoms with Gasteiger partial charge in [0, 0.05) is 27.9 Å². The Labute approximate surface area is 135 Å². The van der Waals surface area contributed by atoms with E-state index in [2.05, 4.69) is 29.4 Å². The fourth-order valence-corrected chi connectivity index (χ4v) is 3.00. The van der Waals surface area contributed by atoms with Crippen molar-refractivity contribution in [2.45, 2.75) is 32.7 Å². The summed E-state index contributed by atoms with van der Waals surface area (Å²) in [5.41, 5.74) is 6.90.